The predicted octanol–water partition coefficient (Wildman–Crippen LogP) is 4.79. The summed E-state index contributed by atoms with van der Waals surface area (Å²) in [5.74, 6) is -0.446. The van der Waals surface area contributed by atoms with Gasteiger partial charge < -0.3 is 20.1 Å². The molecular formula is C31H30FN7O3. The van der Waals surface area contributed by atoms with Gasteiger partial charge in [0.2, 0.25) is 5.91 Å². The molecule has 1 fully saturated rings. The van der Waals surface area contributed by atoms with Crippen molar-refractivity contribution in [2.75, 3.05) is 50.1 Å². The van der Waals surface area contributed by atoms with Crippen LogP contribution in [-0.2, 0) is 16.0 Å². The summed E-state index contributed by atoms with van der Waals surface area (Å²) in [6.45, 7) is 4.19. The van der Waals surface area contributed by atoms with Gasteiger partial charge in [0.25, 0.3) is 0 Å². The molecule has 2 aromatic heterocycles. The number of fused-ring (bicyclic) bond motifs is 1. The van der Waals surface area contributed by atoms with Crippen molar-refractivity contribution in [2.24, 2.45) is 0 Å². The van der Waals surface area contributed by atoms with E-state index in [2.05, 4.69) is 35.7 Å². The van der Waals surface area contributed by atoms with E-state index >= 15 is 0 Å². The Morgan fingerprint density at radius 2 is 1.79 bits per heavy atom. The van der Waals surface area contributed by atoms with Gasteiger partial charge >= 0.3 is 6.01 Å². The lowest BCUT2D eigenvalue weighted by Gasteiger charge is -2.26. The molecule has 5 aromatic rings. The lowest BCUT2D eigenvalue weighted by molar-refractivity contribution is -0.115. The van der Waals surface area contributed by atoms with Crippen molar-refractivity contribution < 1.29 is 18.7 Å². The topological polar surface area (TPSA) is 117 Å². The van der Waals surface area contributed by atoms with E-state index in [1.54, 1.807) is 18.2 Å². The maximum atomic E-state index is 14.6. The number of H-pyrrole nitrogens is 1. The Morgan fingerprint density at radius 1 is 1.00 bits per heavy atom. The molecule has 10 nitrogen and oxygen atoms in total. The Labute approximate surface area is 241 Å². The number of carbonyl (C=O) groups is 1. The molecule has 1 saturated heterocycles. The van der Waals surface area contributed by atoms with Gasteiger partial charge in [-0.05, 0) is 34.9 Å². The summed E-state index contributed by atoms with van der Waals surface area (Å²) in [6.07, 6.45) is 1.27. The van der Waals surface area contributed by atoms with Gasteiger partial charge in [-0.1, -0.05) is 54.6 Å². The van der Waals surface area contributed by atoms with Crippen LogP contribution in [-0.4, -0.2) is 70.4 Å². The van der Waals surface area contributed by atoms with Gasteiger partial charge in [0.1, 0.15) is 6.61 Å². The number of anilines is 3. The van der Waals surface area contributed by atoms with E-state index in [-0.39, 0.29) is 24.2 Å². The summed E-state index contributed by atoms with van der Waals surface area (Å²) in [7, 11) is 0. The van der Waals surface area contributed by atoms with Crippen molar-refractivity contribution in [1.29, 1.82) is 0 Å². The SMILES string of the molecule is O=C(Cc1ccc(-c2ccccc2)cc1)Nc1n[nH]c2ccc(Nc3nc(OCCN4CCOCC4)ncc3F)cc12. The standard InChI is InChI=1S/C31H30FN7O3/c32-26-20-33-31(42-17-14-39-12-15-41-16-13-39)36-30(26)34-24-10-11-27-25(19-24)29(38-37-27)35-28(40)18-21-6-8-23(9-7-21)22-4-2-1-3-5-22/h1-11,19-20H,12-18H2,(H,33,34,36)(H2,35,37,38,40). The number of rotatable bonds is 10. The zero-order valence-corrected chi connectivity index (χ0v) is 22.8. The lowest BCUT2D eigenvalue weighted by Crippen LogP contribution is -2.38. The number of aromatic amines is 1. The van der Waals surface area contributed by atoms with Gasteiger partial charge in [-0.3, -0.25) is 14.8 Å². The van der Waals surface area contributed by atoms with Crippen molar-refractivity contribution in [1.82, 2.24) is 25.1 Å². The highest BCUT2D eigenvalue weighted by Gasteiger charge is 2.14. The third-order valence-electron chi connectivity index (χ3n) is 6.97. The Balaban J connectivity index is 1.09. The van der Waals surface area contributed by atoms with Crippen molar-refractivity contribution >= 4 is 34.1 Å². The molecule has 214 valence electrons. The fourth-order valence-electron chi connectivity index (χ4n) is 4.73. The van der Waals surface area contributed by atoms with Crippen LogP contribution in [0.15, 0.2) is 79.0 Å². The van der Waals surface area contributed by atoms with Crippen LogP contribution in [0.3, 0.4) is 0 Å². The van der Waals surface area contributed by atoms with Crippen molar-refractivity contribution in [3.8, 4) is 17.1 Å². The minimum absolute atomic E-state index is 0.0150. The van der Waals surface area contributed by atoms with Crippen molar-refractivity contribution in [2.45, 2.75) is 6.42 Å². The van der Waals surface area contributed by atoms with E-state index in [4.69, 9.17) is 9.47 Å². The minimum atomic E-state index is -0.616. The summed E-state index contributed by atoms with van der Waals surface area (Å²) in [6, 6.07) is 23.4. The Hall–Kier alpha value is -4.87. The number of nitrogens with zero attached hydrogens (tertiary/aromatic N) is 4. The molecule has 3 N–H and O–H groups in total. The van der Waals surface area contributed by atoms with Crippen LogP contribution in [0.2, 0.25) is 0 Å². The van der Waals surface area contributed by atoms with Gasteiger partial charge in [-0.25, -0.2) is 9.37 Å². The summed E-state index contributed by atoms with van der Waals surface area (Å²) in [5, 5.41) is 13.7. The van der Waals surface area contributed by atoms with Crippen LogP contribution in [0.1, 0.15) is 5.56 Å². The van der Waals surface area contributed by atoms with E-state index < -0.39 is 5.82 Å². The van der Waals surface area contributed by atoms with E-state index in [1.165, 1.54) is 0 Å². The van der Waals surface area contributed by atoms with E-state index in [1.807, 2.05) is 54.6 Å². The molecule has 6 rings (SSSR count). The average Bonchev–Trinajstić information content (AvgIpc) is 3.41. The second-order valence-electron chi connectivity index (χ2n) is 9.90. The van der Waals surface area contributed by atoms with Gasteiger partial charge in [-0.15, -0.1) is 0 Å². The first-order valence-corrected chi connectivity index (χ1v) is 13.8. The summed E-state index contributed by atoms with van der Waals surface area (Å²) in [5.41, 5.74) is 4.38. The van der Waals surface area contributed by atoms with Crippen molar-refractivity contribution in [3.63, 3.8) is 0 Å². The second-order valence-corrected chi connectivity index (χ2v) is 9.90. The zero-order chi connectivity index (χ0) is 28.7. The fourth-order valence-corrected chi connectivity index (χ4v) is 4.73. The fraction of sp³-hybridized carbons (Fsp3) is 0.226. The van der Waals surface area contributed by atoms with Crippen LogP contribution >= 0.6 is 0 Å². The molecule has 42 heavy (non-hydrogen) atoms. The Morgan fingerprint density at radius 3 is 2.60 bits per heavy atom. The second kappa shape index (κ2) is 12.8. The van der Waals surface area contributed by atoms with Gasteiger partial charge in [0, 0.05) is 30.7 Å². The smallest absolute Gasteiger partial charge is 0.318 e. The number of benzene rings is 3. The Bertz CT molecular complexity index is 1660. The van der Waals surface area contributed by atoms with Crippen LogP contribution in [0.4, 0.5) is 21.7 Å². The third kappa shape index (κ3) is 6.70. The number of halogens is 1. The lowest BCUT2D eigenvalue weighted by atomic mass is 10.0. The average molecular weight is 568 g/mol. The Kier molecular flexibility index (Phi) is 8.29. The van der Waals surface area contributed by atoms with Crippen LogP contribution < -0.4 is 15.4 Å². The van der Waals surface area contributed by atoms with E-state index in [9.17, 15) is 9.18 Å². The number of nitrogens with one attached hydrogen (secondary N) is 3. The number of hydrogen-bond donors (Lipinski definition) is 3. The maximum absolute atomic E-state index is 14.6. The molecule has 0 aliphatic carbocycles. The first-order chi connectivity index (χ1) is 20.6. The number of ether oxygens (including phenoxy) is 2. The number of aromatic nitrogens is 4. The molecule has 0 bridgehead atoms. The highest BCUT2D eigenvalue weighted by Crippen LogP contribution is 2.27. The van der Waals surface area contributed by atoms with Crippen molar-refractivity contribution in [3.05, 3.63) is 90.4 Å². The zero-order valence-electron chi connectivity index (χ0n) is 22.8. The van der Waals surface area contributed by atoms with Crippen LogP contribution in [0.25, 0.3) is 22.0 Å². The molecule has 1 aliphatic rings. The molecule has 1 aliphatic heterocycles. The number of hydrogen-bond acceptors (Lipinski definition) is 8. The summed E-state index contributed by atoms with van der Waals surface area (Å²) >= 11 is 0. The molecular weight excluding hydrogens is 537 g/mol. The number of carbonyl (C=O) groups excluding carboxylic acids is 1. The summed E-state index contributed by atoms with van der Waals surface area (Å²) < 4.78 is 25.6. The molecule has 11 heteroatoms. The van der Waals surface area contributed by atoms with Gasteiger partial charge in [0.05, 0.1) is 31.3 Å². The van der Waals surface area contributed by atoms with Crippen LogP contribution in [0, 0.1) is 5.82 Å². The quantitative estimate of drug-likeness (QED) is 0.221. The minimum Gasteiger partial charge on any atom is -0.462 e. The molecule has 0 spiro atoms. The highest BCUT2D eigenvalue weighted by atomic mass is 19.1. The molecule has 0 atom stereocenters. The van der Waals surface area contributed by atoms with E-state index in [0.717, 1.165) is 41.5 Å². The normalized spacial score (nSPS) is 13.6. The molecule has 1 amide bonds. The highest BCUT2D eigenvalue weighted by molar-refractivity contribution is 6.01. The maximum Gasteiger partial charge on any atom is 0.318 e. The van der Waals surface area contributed by atoms with E-state index in [0.29, 0.717) is 43.3 Å². The molecule has 0 saturated carbocycles. The number of amides is 1. The molecule has 3 heterocycles. The number of morpholine rings is 1. The summed E-state index contributed by atoms with van der Waals surface area (Å²) in [4.78, 5) is 23.2. The molecule has 3 aromatic carbocycles. The first-order valence-electron chi connectivity index (χ1n) is 13.8. The monoisotopic (exact) mass is 567 g/mol. The van der Waals surface area contributed by atoms with Gasteiger partial charge in [-0.2, -0.15) is 10.1 Å². The molecule has 0 radical (unpaired) electrons. The third-order valence-corrected chi connectivity index (χ3v) is 6.97. The predicted molar refractivity (Wildman–Crippen MR) is 158 cm³/mol. The largest absolute Gasteiger partial charge is 0.462 e. The molecule has 0 unspecified atom stereocenters. The first kappa shape index (κ1) is 27.3. The van der Waals surface area contributed by atoms with Crippen LogP contribution in [0.5, 0.6) is 6.01 Å². The van der Waals surface area contributed by atoms with Gasteiger partial charge in [0.15, 0.2) is 17.5 Å².